The third kappa shape index (κ3) is 4.76. The van der Waals surface area contributed by atoms with Gasteiger partial charge in [0.25, 0.3) is 0 Å². The first-order valence-electron chi connectivity index (χ1n) is 5.58. The van der Waals surface area contributed by atoms with Crippen molar-refractivity contribution in [3.05, 3.63) is 23.7 Å². The second kappa shape index (κ2) is 6.96. The van der Waals surface area contributed by atoms with Gasteiger partial charge in [-0.1, -0.05) is 6.92 Å². The van der Waals surface area contributed by atoms with Gasteiger partial charge in [0.05, 0.1) is 5.75 Å². The van der Waals surface area contributed by atoms with Crippen molar-refractivity contribution >= 4 is 11.8 Å². The van der Waals surface area contributed by atoms with Crippen molar-refractivity contribution in [1.29, 1.82) is 0 Å². The maximum atomic E-state index is 5.63. The van der Waals surface area contributed by atoms with Crippen LogP contribution >= 0.6 is 11.8 Å². The molecule has 0 fully saturated rings. The maximum Gasteiger partial charge on any atom is 0.114 e. The highest BCUT2D eigenvalue weighted by molar-refractivity contribution is 7.98. The van der Waals surface area contributed by atoms with E-state index in [9.17, 15) is 0 Å². The zero-order chi connectivity index (χ0) is 11.1. The van der Waals surface area contributed by atoms with E-state index in [1.54, 1.807) is 0 Å². The summed E-state index contributed by atoms with van der Waals surface area (Å²) in [6.07, 6.45) is 2.20. The molecule has 1 unspecified atom stereocenters. The molecule has 15 heavy (non-hydrogen) atoms. The van der Waals surface area contributed by atoms with E-state index in [4.69, 9.17) is 4.42 Å². The number of hydrogen-bond acceptors (Lipinski definition) is 3. The van der Waals surface area contributed by atoms with Crippen molar-refractivity contribution in [1.82, 2.24) is 5.32 Å². The lowest BCUT2D eigenvalue weighted by atomic mass is 10.3. The van der Waals surface area contributed by atoms with Crippen LogP contribution in [0.25, 0.3) is 0 Å². The van der Waals surface area contributed by atoms with Gasteiger partial charge in [0, 0.05) is 12.5 Å². The molecule has 0 aliphatic rings. The summed E-state index contributed by atoms with van der Waals surface area (Å²) in [7, 11) is 2.01. The van der Waals surface area contributed by atoms with E-state index in [1.165, 1.54) is 12.2 Å². The number of thioether (sulfide) groups is 1. The SMILES string of the molecule is CCc1ccc(CSCCC(C)NC)o1. The Morgan fingerprint density at radius 3 is 2.73 bits per heavy atom. The van der Waals surface area contributed by atoms with Gasteiger partial charge in [-0.2, -0.15) is 11.8 Å². The molecule has 3 heteroatoms. The van der Waals surface area contributed by atoms with Crippen molar-refractivity contribution < 1.29 is 4.42 Å². The zero-order valence-electron chi connectivity index (χ0n) is 9.88. The third-order valence-electron chi connectivity index (χ3n) is 2.50. The molecule has 0 amide bonds. The van der Waals surface area contributed by atoms with Crippen LogP contribution in [0.4, 0.5) is 0 Å². The van der Waals surface area contributed by atoms with Crippen molar-refractivity contribution in [2.45, 2.75) is 38.5 Å². The van der Waals surface area contributed by atoms with Gasteiger partial charge in [0.1, 0.15) is 11.5 Å². The lowest BCUT2D eigenvalue weighted by Crippen LogP contribution is -2.21. The number of nitrogens with one attached hydrogen (secondary N) is 1. The average molecular weight is 227 g/mol. The molecule has 0 bridgehead atoms. The average Bonchev–Trinajstić information content (AvgIpc) is 2.72. The first-order valence-corrected chi connectivity index (χ1v) is 6.74. The van der Waals surface area contributed by atoms with Crippen LogP contribution in [0.15, 0.2) is 16.5 Å². The summed E-state index contributed by atoms with van der Waals surface area (Å²) in [5.41, 5.74) is 0. The molecule has 0 spiro atoms. The highest BCUT2D eigenvalue weighted by Crippen LogP contribution is 2.16. The zero-order valence-corrected chi connectivity index (χ0v) is 10.7. The van der Waals surface area contributed by atoms with Crippen LogP contribution in [0.1, 0.15) is 31.8 Å². The molecule has 0 saturated heterocycles. The Morgan fingerprint density at radius 1 is 1.40 bits per heavy atom. The minimum Gasteiger partial charge on any atom is -0.465 e. The largest absolute Gasteiger partial charge is 0.465 e. The first-order chi connectivity index (χ1) is 7.26. The number of rotatable bonds is 7. The Bertz CT molecular complexity index is 272. The molecule has 0 saturated carbocycles. The molecule has 2 nitrogen and oxygen atoms in total. The van der Waals surface area contributed by atoms with E-state index in [-0.39, 0.29) is 0 Å². The van der Waals surface area contributed by atoms with Crippen molar-refractivity contribution in [3.8, 4) is 0 Å². The normalized spacial score (nSPS) is 13.0. The standard InChI is InChI=1S/C12H21NOS/c1-4-11-5-6-12(14-11)9-15-8-7-10(2)13-3/h5-6,10,13H,4,7-9H2,1-3H3. The topological polar surface area (TPSA) is 25.2 Å². The van der Waals surface area contributed by atoms with Gasteiger partial charge in [0.15, 0.2) is 0 Å². The van der Waals surface area contributed by atoms with E-state index in [1.807, 2.05) is 18.8 Å². The Hall–Kier alpha value is -0.410. The molecular formula is C12H21NOS. The summed E-state index contributed by atoms with van der Waals surface area (Å²) in [6.45, 7) is 4.33. The molecule has 1 aromatic heterocycles. The van der Waals surface area contributed by atoms with Gasteiger partial charge < -0.3 is 9.73 Å². The predicted molar refractivity (Wildman–Crippen MR) is 67.4 cm³/mol. The van der Waals surface area contributed by atoms with Gasteiger partial charge in [-0.25, -0.2) is 0 Å². The molecule has 0 aliphatic heterocycles. The fourth-order valence-corrected chi connectivity index (χ4v) is 2.29. The quantitative estimate of drug-likeness (QED) is 0.725. The summed E-state index contributed by atoms with van der Waals surface area (Å²) >= 11 is 1.94. The van der Waals surface area contributed by atoms with E-state index in [0.717, 1.165) is 23.7 Å². The second-order valence-electron chi connectivity index (χ2n) is 3.75. The van der Waals surface area contributed by atoms with E-state index >= 15 is 0 Å². The summed E-state index contributed by atoms with van der Waals surface area (Å²) in [6, 6.07) is 4.78. The fourth-order valence-electron chi connectivity index (χ4n) is 1.27. The van der Waals surface area contributed by atoms with Crippen LogP contribution in [0.5, 0.6) is 0 Å². The van der Waals surface area contributed by atoms with E-state index in [0.29, 0.717) is 6.04 Å². The highest BCUT2D eigenvalue weighted by Gasteiger charge is 2.02. The number of aryl methyl sites for hydroxylation is 1. The first kappa shape index (κ1) is 12.7. The van der Waals surface area contributed by atoms with Crippen molar-refractivity contribution in [2.75, 3.05) is 12.8 Å². The van der Waals surface area contributed by atoms with Gasteiger partial charge in [-0.15, -0.1) is 0 Å². The molecule has 1 heterocycles. The molecular weight excluding hydrogens is 206 g/mol. The van der Waals surface area contributed by atoms with Crippen LogP contribution in [0.3, 0.4) is 0 Å². The van der Waals surface area contributed by atoms with E-state index < -0.39 is 0 Å². The fraction of sp³-hybridized carbons (Fsp3) is 0.667. The van der Waals surface area contributed by atoms with Crippen LogP contribution in [0.2, 0.25) is 0 Å². The van der Waals surface area contributed by atoms with Crippen molar-refractivity contribution in [2.24, 2.45) is 0 Å². The Balaban J connectivity index is 2.14. The van der Waals surface area contributed by atoms with E-state index in [2.05, 4.69) is 31.3 Å². The molecule has 1 aromatic rings. The Morgan fingerprint density at radius 2 is 2.13 bits per heavy atom. The van der Waals surface area contributed by atoms with Crippen LogP contribution in [-0.4, -0.2) is 18.8 Å². The second-order valence-corrected chi connectivity index (χ2v) is 4.86. The predicted octanol–water partition coefficient (Wildman–Crippen LogP) is 3.07. The summed E-state index contributed by atoms with van der Waals surface area (Å²) in [5, 5.41) is 3.24. The molecule has 86 valence electrons. The summed E-state index contributed by atoms with van der Waals surface area (Å²) in [4.78, 5) is 0. The lowest BCUT2D eigenvalue weighted by molar-refractivity contribution is 0.485. The van der Waals surface area contributed by atoms with Crippen LogP contribution in [-0.2, 0) is 12.2 Å². The number of hydrogen-bond donors (Lipinski definition) is 1. The highest BCUT2D eigenvalue weighted by atomic mass is 32.2. The van der Waals surface area contributed by atoms with Crippen molar-refractivity contribution in [3.63, 3.8) is 0 Å². The van der Waals surface area contributed by atoms with Gasteiger partial charge in [-0.3, -0.25) is 0 Å². The van der Waals surface area contributed by atoms with Gasteiger partial charge in [-0.05, 0) is 38.3 Å². The Labute approximate surface area is 96.8 Å². The minimum absolute atomic E-state index is 0.611. The molecule has 1 atom stereocenters. The monoisotopic (exact) mass is 227 g/mol. The molecule has 0 radical (unpaired) electrons. The Kier molecular flexibility index (Phi) is 5.88. The maximum absolute atomic E-state index is 5.63. The minimum atomic E-state index is 0.611. The molecule has 0 aliphatic carbocycles. The summed E-state index contributed by atoms with van der Waals surface area (Å²) < 4.78 is 5.63. The molecule has 1 rings (SSSR count). The molecule has 1 N–H and O–H groups in total. The van der Waals surface area contributed by atoms with Gasteiger partial charge in [0.2, 0.25) is 0 Å². The van der Waals surface area contributed by atoms with Crippen LogP contribution < -0.4 is 5.32 Å². The smallest absolute Gasteiger partial charge is 0.114 e. The summed E-state index contributed by atoms with van der Waals surface area (Å²) in [5.74, 6) is 4.38. The number of furan rings is 1. The van der Waals surface area contributed by atoms with Gasteiger partial charge >= 0.3 is 0 Å². The lowest BCUT2D eigenvalue weighted by Gasteiger charge is -2.08. The van der Waals surface area contributed by atoms with Crippen LogP contribution in [0, 0.1) is 0 Å². The molecule has 0 aromatic carbocycles. The third-order valence-corrected chi connectivity index (χ3v) is 3.51.